The second kappa shape index (κ2) is 8.26. The van der Waals surface area contributed by atoms with E-state index in [1.165, 1.54) is 12.1 Å². The highest BCUT2D eigenvalue weighted by Gasteiger charge is 2.26. The van der Waals surface area contributed by atoms with Gasteiger partial charge in [0.25, 0.3) is 5.91 Å². The molecule has 2 amide bonds. The Kier molecular flexibility index (Phi) is 6.36. The molecule has 126 valence electrons. The molecule has 0 saturated carbocycles. The van der Waals surface area contributed by atoms with Gasteiger partial charge in [-0.15, -0.1) is 0 Å². The van der Waals surface area contributed by atoms with Crippen LogP contribution in [0.25, 0.3) is 0 Å². The average Bonchev–Trinajstić information content (AvgIpc) is 2.54. The minimum Gasteiger partial charge on any atom is -0.339 e. The Hall–Kier alpha value is -1.66. The molecule has 2 rings (SSSR count). The van der Waals surface area contributed by atoms with Crippen molar-refractivity contribution in [2.24, 2.45) is 0 Å². The maximum Gasteiger partial charge on any atom is 0.256 e. The summed E-state index contributed by atoms with van der Waals surface area (Å²) in [4.78, 5) is 27.7. The van der Waals surface area contributed by atoms with Gasteiger partial charge in [0.1, 0.15) is 5.82 Å². The van der Waals surface area contributed by atoms with Gasteiger partial charge >= 0.3 is 0 Å². The second-order valence-corrected chi connectivity index (χ2v) is 5.94. The van der Waals surface area contributed by atoms with Crippen LogP contribution in [0, 0.1) is 5.82 Å². The zero-order valence-corrected chi connectivity index (χ0v) is 13.9. The van der Waals surface area contributed by atoms with Gasteiger partial charge in [0.2, 0.25) is 5.91 Å². The molecule has 1 saturated heterocycles. The third kappa shape index (κ3) is 4.65. The van der Waals surface area contributed by atoms with Crippen LogP contribution in [0.1, 0.15) is 23.2 Å². The summed E-state index contributed by atoms with van der Waals surface area (Å²) in [6.45, 7) is 2.61. The predicted molar refractivity (Wildman–Crippen MR) is 87.1 cm³/mol. The van der Waals surface area contributed by atoms with Gasteiger partial charge in [0.05, 0.1) is 5.56 Å². The number of carbonyl (C=O) groups is 2. The topological polar surface area (TPSA) is 52.7 Å². The fourth-order valence-corrected chi connectivity index (χ4v) is 2.73. The van der Waals surface area contributed by atoms with Gasteiger partial charge < -0.3 is 15.1 Å². The van der Waals surface area contributed by atoms with E-state index in [1.807, 2.05) is 7.05 Å². The van der Waals surface area contributed by atoms with Crippen molar-refractivity contribution in [3.63, 3.8) is 0 Å². The SMILES string of the molecule is CNCCCC(=O)N1CCN(C(=O)c2ccc(Cl)cc2F)CC1. The van der Waals surface area contributed by atoms with Crippen LogP contribution in [0.5, 0.6) is 0 Å². The molecule has 23 heavy (non-hydrogen) atoms. The van der Waals surface area contributed by atoms with Crippen LogP contribution in [-0.2, 0) is 4.79 Å². The molecule has 0 bridgehead atoms. The summed E-state index contributed by atoms with van der Waals surface area (Å²) in [5.74, 6) is -0.875. The van der Waals surface area contributed by atoms with Gasteiger partial charge in [-0.1, -0.05) is 11.6 Å². The quantitative estimate of drug-likeness (QED) is 0.830. The Labute approximate surface area is 140 Å². The molecular formula is C16H21ClFN3O2. The maximum absolute atomic E-state index is 13.8. The smallest absolute Gasteiger partial charge is 0.256 e. The molecule has 1 aromatic carbocycles. The van der Waals surface area contributed by atoms with Crippen molar-refractivity contribution < 1.29 is 14.0 Å². The van der Waals surface area contributed by atoms with E-state index in [-0.39, 0.29) is 22.4 Å². The molecule has 1 aromatic rings. The van der Waals surface area contributed by atoms with Gasteiger partial charge in [-0.2, -0.15) is 0 Å². The van der Waals surface area contributed by atoms with Gasteiger partial charge in [-0.3, -0.25) is 9.59 Å². The fourth-order valence-electron chi connectivity index (χ4n) is 2.57. The molecule has 0 unspecified atom stereocenters. The number of halogens is 2. The van der Waals surface area contributed by atoms with Crippen LogP contribution in [0.2, 0.25) is 5.02 Å². The summed E-state index contributed by atoms with van der Waals surface area (Å²) in [7, 11) is 1.85. The molecule has 0 atom stereocenters. The van der Waals surface area contributed by atoms with Crippen molar-refractivity contribution in [2.75, 3.05) is 39.8 Å². The Morgan fingerprint density at radius 1 is 1.22 bits per heavy atom. The van der Waals surface area contributed by atoms with Gasteiger partial charge in [-0.05, 0) is 38.2 Å². The first-order chi connectivity index (χ1) is 11.0. The van der Waals surface area contributed by atoms with Gasteiger partial charge in [-0.25, -0.2) is 4.39 Å². The lowest BCUT2D eigenvalue weighted by atomic mass is 10.1. The summed E-state index contributed by atoms with van der Waals surface area (Å²) >= 11 is 5.70. The fraction of sp³-hybridized carbons (Fsp3) is 0.500. The maximum atomic E-state index is 13.8. The lowest BCUT2D eigenvalue weighted by Gasteiger charge is -2.35. The van der Waals surface area contributed by atoms with Crippen LogP contribution >= 0.6 is 11.6 Å². The number of carbonyl (C=O) groups excluding carboxylic acids is 2. The highest BCUT2D eigenvalue weighted by Crippen LogP contribution is 2.17. The lowest BCUT2D eigenvalue weighted by molar-refractivity contribution is -0.132. The molecule has 1 aliphatic rings. The molecule has 1 N–H and O–H groups in total. The summed E-state index contributed by atoms with van der Waals surface area (Å²) < 4.78 is 13.8. The van der Waals surface area contributed by atoms with Crippen LogP contribution in [0.4, 0.5) is 4.39 Å². The van der Waals surface area contributed by atoms with E-state index in [0.717, 1.165) is 19.0 Å². The standard InChI is InChI=1S/C16H21ClFN3O2/c1-19-6-2-3-15(22)20-7-9-21(10-8-20)16(23)13-5-4-12(17)11-14(13)18/h4-5,11,19H,2-3,6-10H2,1H3. The predicted octanol–water partition coefficient (Wildman–Crippen LogP) is 1.76. The van der Waals surface area contributed by atoms with Crippen molar-refractivity contribution in [2.45, 2.75) is 12.8 Å². The average molecular weight is 342 g/mol. The largest absolute Gasteiger partial charge is 0.339 e. The number of piperazine rings is 1. The van der Waals surface area contributed by atoms with E-state index in [1.54, 1.807) is 9.80 Å². The van der Waals surface area contributed by atoms with Crippen molar-refractivity contribution in [3.05, 3.63) is 34.6 Å². The van der Waals surface area contributed by atoms with E-state index < -0.39 is 5.82 Å². The monoisotopic (exact) mass is 341 g/mol. The Balaban J connectivity index is 1.88. The normalized spacial score (nSPS) is 14.9. The Bertz CT molecular complexity index is 574. The molecule has 1 heterocycles. The third-order valence-electron chi connectivity index (χ3n) is 3.90. The van der Waals surface area contributed by atoms with Crippen LogP contribution < -0.4 is 5.32 Å². The Morgan fingerprint density at radius 2 is 1.87 bits per heavy atom. The number of hydrogen-bond donors (Lipinski definition) is 1. The summed E-state index contributed by atoms with van der Waals surface area (Å²) in [5.41, 5.74) is 0.0168. The number of rotatable bonds is 5. The molecule has 1 fully saturated rings. The molecule has 1 aliphatic heterocycles. The molecule has 7 heteroatoms. The first kappa shape index (κ1) is 17.7. The third-order valence-corrected chi connectivity index (χ3v) is 4.13. The van der Waals surface area contributed by atoms with Crippen molar-refractivity contribution in [1.29, 1.82) is 0 Å². The number of nitrogens with zero attached hydrogens (tertiary/aromatic N) is 2. The van der Waals surface area contributed by atoms with E-state index in [2.05, 4.69) is 5.32 Å². The first-order valence-corrected chi connectivity index (χ1v) is 8.07. The van der Waals surface area contributed by atoms with Gasteiger partial charge in [0, 0.05) is 37.6 Å². The van der Waals surface area contributed by atoms with Crippen LogP contribution in [0.15, 0.2) is 18.2 Å². The van der Waals surface area contributed by atoms with E-state index >= 15 is 0 Å². The zero-order chi connectivity index (χ0) is 16.8. The van der Waals surface area contributed by atoms with E-state index in [4.69, 9.17) is 11.6 Å². The molecule has 0 aliphatic carbocycles. The minimum absolute atomic E-state index is 0.0168. The summed E-state index contributed by atoms with van der Waals surface area (Å²) in [6.07, 6.45) is 1.30. The molecular weight excluding hydrogens is 321 g/mol. The van der Waals surface area contributed by atoms with Crippen LogP contribution in [0.3, 0.4) is 0 Å². The molecule has 0 aromatic heterocycles. The number of amides is 2. The highest BCUT2D eigenvalue weighted by molar-refractivity contribution is 6.30. The van der Waals surface area contributed by atoms with E-state index in [9.17, 15) is 14.0 Å². The first-order valence-electron chi connectivity index (χ1n) is 7.69. The summed E-state index contributed by atoms with van der Waals surface area (Å²) in [6, 6.07) is 4.03. The minimum atomic E-state index is -0.618. The lowest BCUT2D eigenvalue weighted by Crippen LogP contribution is -2.50. The van der Waals surface area contributed by atoms with Crippen LogP contribution in [-0.4, -0.2) is 61.4 Å². The second-order valence-electron chi connectivity index (χ2n) is 5.50. The number of nitrogens with one attached hydrogen (secondary N) is 1. The zero-order valence-electron chi connectivity index (χ0n) is 13.1. The number of hydrogen-bond acceptors (Lipinski definition) is 3. The van der Waals surface area contributed by atoms with Crippen molar-refractivity contribution in [3.8, 4) is 0 Å². The molecule has 0 spiro atoms. The summed E-state index contributed by atoms with van der Waals surface area (Å²) in [5, 5.41) is 3.27. The highest BCUT2D eigenvalue weighted by atomic mass is 35.5. The molecule has 5 nitrogen and oxygen atoms in total. The molecule has 0 radical (unpaired) electrons. The Morgan fingerprint density at radius 3 is 2.48 bits per heavy atom. The van der Waals surface area contributed by atoms with Crippen molar-refractivity contribution >= 4 is 23.4 Å². The van der Waals surface area contributed by atoms with Crippen molar-refractivity contribution in [1.82, 2.24) is 15.1 Å². The van der Waals surface area contributed by atoms with E-state index in [0.29, 0.717) is 32.6 Å². The number of benzene rings is 1. The van der Waals surface area contributed by atoms with Gasteiger partial charge in [0.15, 0.2) is 0 Å².